The van der Waals surface area contributed by atoms with E-state index in [4.69, 9.17) is 0 Å². The maximum absolute atomic E-state index is 4.53. The first-order chi connectivity index (χ1) is 57.8. The maximum atomic E-state index is 4.53. The van der Waals surface area contributed by atoms with E-state index in [1.54, 1.807) is 0 Å². The second-order valence-corrected chi connectivity index (χ2v) is 29.8. The molecule has 0 N–H and O–H groups in total. The fraction of sp³-hybridized carbons (Fsp3) is 0.312. The van der Waals surface area contributed by atoms with Gasteiger partial charge in [0.1, 0.15) is 0 Å². The molecule has 119 heavy (non-hydrogen) atoms. The number of fused-ring (bicyclic) bond motifs is 21. The van der Waals surface area contributed by atoms with Gasteiger partial charge in [-0.25, -0.2) is 0 Å². The predicted octanol–water partition coefficient (Wildman–Crippen LogP) is 30.1. The number of pyridine rings is 7. The van der Waals surface area contributed by atoms with Gasteiger partial charge in [0.15, 0.2) is 0 Å². The molecule has 7 aliphatic rings. The molecule has 0 saturated carbocycles. The highest BCUT2D eigenvalue weighted by atomic mass is 14.7. The normalized spacial score (nSPS) is 11.3. The van der Waals surface area contributed by atoms with Gasteiger partial charge in [0, 0.05) is 128 Å². The number of rotatable bonds is 0. The lowest BCUT2D eigenvalue weighted by atomic mass is 9.97. The SMILES string of the molecule is CC.CC.CC.CC.CC.CC.CC.Cc1cc2c(cc1C)-c1cccnc1C2.Cc1cc2c(cc1C)-c1ccncc1C2.Cc1cc2c(cc1C)-c1cnccc1C2.Cc1ccc2c(c1C)-c1cccnc1C2.Cc1ccc2c(c1C)-c1ccncc1C2.Cc1cnc2c(c1C)-c1ccccc1C2.Cc1ncc2c(c1C)-c1ccccc1C2. The van der Waals surface area contributed by atoms with Gasteiger partial charge in [-0.15, -0.1) is 0 Å². The van der Waals surface area contributed by atoms with Crippen LogP contribution in [0.2, 0.25) is 0 Å². The molecule has 7 nitrogen and oxygen atoms in total. The molecule has 14 aromatic rings. The Morgan fingerprint density at radius 3 is 1.12 bits per heavy atom. The van der Waals surface area contributed by atoms with Crippen molar-refractivity contribution < 1.29 is 0 Å². The highest BCUT2D eigenvalue weighted by molar-refractivity contribution is 5.84. The molecule has 0 unspecified atom stereocenters. The summed E-state index contributed by atoms with van der Waals surface area (Å²) in [5.41, 5.74) is 57.4. The number of aromatic nitrogens is 7. The second kappa shape index (κ2) is 44.4. The van der Waals surface area contributed by atoms with Crippen LogP contribution in [0.25, 0.3) is 77.9 Å². The van der Waals surface area contributed by atoms with Gasteiger partial charge in [0.25, 0.3) is 0 Å². The average molecular weight is 1580 g/mol. The molecule has 0 saturated heterocycles. The molecular weight excluding hydrogens is 1440 g/mol. The molecule has 0 atom stereocenters. The second-order valence-electron chi connectivity index (χ2n) is 29.8. The third kappa shape index (κ3) is 20.7. The van der Waals surface area contributed by atoms with Crippen molar-refractivity contribution in [2.45, 2.75) is 239 Å². The molecule has 7 aromatic heterocycles. The molecule has 7 aliphatic carbocycles. The molecule has 0 fully saturated rings. The first kappa shape index (κ1) is 93.1. The van der Waals surface area contributed by atoms with E-state index in [0.29, 0.717) is 0 Å². The van der Waals surface area contributed by atoms with Crippen molar-refractivity contribution in [3.63, 3.8) is 0 Å². The Hall–Kier alpha value is -11.4. The van der Waals surface area contributed by atoms with Crippen molar-refractivity contribution in [2.24, 2.45) is 0 Å². The summed E-state index contributed by atoms with van der Waals surface area (Å²) in [4.78, 5) is 30.4. The molecule has 0 bridgehead atoms. The topological polar surface area (TPSA) is 90.2 Å². The zero-order chi connectivity index (χ0) is 86.9. The van der Waals surface area contributed by atoms with E-state index in [9.17, 15) is 0 Å². The summed E-state index contributed by atoms with van der Waals surface area (Å²) in [6.45, 7) is 58.4. The van der Waals surface area contributed by atoms with Crippen molar-refractivity contribution in [1.82, 2.24) is 34.9 Å². The molecule has 0 spiro atoms. The highest BCUT2D eigenvalue weighted by Crippen LogP contribution is 2.45. The summed E-state index contributed by atoms with van der Waals surface area (Å²) in [6, 6.07) is 54.7. The number of hydrogen-bond donors (Lipinski definition) is 0. The fourth-order valence-electron chi connectivity index (χ4n) is 16.4. The summed E-state index contributed by atoms with van der Waals surface area (Å²) in [7, 11) is 0. The Labute approximate surface area is 717 Å². The quantitative estimate of drug-likeness (QED) is 0.149. The minimum atomic E-state index is 0.993. The van der Waals surface area contributed by atoms with Gasteiger partial charge in [-0.2, -0.15) is 0 Å². The number of hydrogen-bond acceptors (Lipinski definition) is 7. The largest absolute Gasteiger partial charge is 0.264 e. The van der Waals surface area contributed by atoms with Crippen LogP contribution in [0.1, 0.15) is 253 Å². The average Bonchev–Trinajstić information content (AvgIpc) is 1.65. The molecule has 21 rings (SSSR count). The summed E-state index contributed by atoms with van der Waals surface area (Å²) < 4.78 is 0. The third-order valence-corrected chi connectivity index (χ3v) is 23.2. The van der Waals surface area contributed by atoms with E-state index in [-0.39, 0.29) is 0 Å². The van der Waals surface area contributed by atoms with E-state index in [2.05, 4.69) is 271 Å². The minimum Gasteiger partial charge on any atom is -0.264 e. The minimum absolute atomic E-state index is 0.993. The van der Waals surface area contributed by atoms with Crippen LogP contribution >= 0.6 is 0 Å². The highest BCUT2D eigenvalue weighted by Gasteiger charge is 2.27. The fourth-order valence-corrected chi connectivity index (χ4v) is 16.4. The zero-order valence-electron chi connectivity index (χ0n) is 77.3. The van der Waals surface area contributed by atoms with Gasteiger partial charge < -0.3 is 0 Å². The predicted molar refractivity (Wildman–Crippen MR) is 513 cm³/mol. The molecular formula is C112H133N7. The van der Waals surface area contributed by atoms with Crippen LogP contribution in [0.3, 0.4) is 0 Å². The van der Waals surface area contributed by atoms with Gasteiger partial charge in [0.2, 0.25) is 0 Å². The lowest BCUT2D eigenvalue weighted by Crippen LogP contribution is -1.92. The van der Waals surface area contributed by atoms with E-state index in [0.717, 1.165) is 50.6 Å². The van der Waals surface area contributed by atoms with Gasteiger partial charge in [0.05, 0.1) is 17.1 Å². The molecule has 7 aromatic carbocycles. The van der Waals surface area contributed by atoms with Crippen LogP contribution < -0.4 is 0 Å². The van der Waals surface area contributed by atoms with Gasteiger partial charge >= 0.3 is 0 Å². The summed E-state index contributed by atoms with van der Waals surface area (Å²) in [5.74, 6) is 0. The van der Waals surface area contributed by atoms with Crippen molar-refractivity contribution in [3.8, 4) is 77.9 Å². The monoisotopic (exact) mass is 1580 g/mol. The number of benzene rings is 7. The first-order valence-electron chi connectivity index (χ1n) is 44.1. The smallest absolute Gasteiger partial charge is 0.0528 e. The van der Waals surface area contributed by atoms with E-state index >= 15 is 0 Å². The molecule has 0 radical (unpaired) electrons. The third-order valence-electron chi connectivity index (χ3n) is 23.2. The van der Waals surface area contributed by atoms with Crippen LogP contribution in [-0.4, -0.2) is 34.9 Å². The van der Waals surface area contributed by atoms with Crippen molar-refractivity contribution >= 4 is 0 Å². The Morgan fingerprint density at radius 2 is 0.546 bits per heavy atom. The lowest BCUT2D eigenvalue weighted by Gasteiger charge is -2.08. The standard InChI is InChI=1S/7C14H13N.7C2H6/c1-9-5-11-7-12-8-15-4-3-13(12)14(11)6-10(9)2;1-9-5-12-7-11-3-4-15-8-14(11)13(12)6-10(9)2;1-9-3-4-11-7-12-8-15-6-5-13(12)14(11)10(9)2;1-9-5-6-11-8-13-12(4-3-7-15-13)14(11)10(9)2;1-9-6-11-8-14-12(4-3-5-15-14)13(11)7-10(9)2;1-9-10(2)15-8-12-7-11-5-3-4-6-13(11)14(9)12;1-9-8-15-13-7-11-5-3-4-6-12(11)14(13)10(9)2;7*1-2/h3*3-6,8H,7H2,1-2H3;2*3-7H,8H2,1-2H3;2*3-6,8H,7H2,1-2H3;7*1-2H3. The van der Waals surface area contributed by atoms with E-state index in [1.807, 2.05) is 171 Å². The molecule has 616 valence electrons. The number of nitrogens with zero attached hydrogens (tertiary/aromatic N) is 7. The van der Waals surface area contributed by atoms with Crippen LogP contribution in [0.5, 0.6) is 0 Å². The summed E-state index contributed by atoms with van der Waals surface area (Å²) >= 11 is 0. The van der Waals surface area contributed by atoms with Crippen LogP contribution in [0, 0.1) is 96.9 Å². The summed E-state index contributed by atoms with van der Waals surface area (Å²) in [6.07, 6.45) is 26.5. The lowest BCUT2D eigenvalue weighted by molar-refractivity contribution is 1.09. The molecule has 7 heteroatoms. The number of aryl methyl sites for hydroxylation is 10. The molecule has 0 aliphatic heterocycles. The Bertz CT molecular complexity index is 5130. The summed E-state index contributed by atoms with van der Waals surface area (Å²) in [5, 5.41) is 0. The van der Waals surface area contributed by atoms with Crippen LogP contribution in [-0.2, 0) is 44.9 Å². The Balaban J connectivity index is 0.000000169. The van der Waals surface area contributed by atoms with Crippen molar-refractivity contribution in [2.75, 3.05) is 0 Å². The van der Waals surface area contributed by atoms with Gasteiger partial charge in [-0.3, -0.25) is 34.9 Å². The van der Waals surface area contributed by atoms with Gasteiger partial charge in [-0.05, 0) is 323 Å². The van der Waals surface area contributed by atoms with E-state index < -0.39 is 0 Å². The van der Waals surface area contributed by atoms with Crippen molar-refractivity contribution in [1.29, 1.82) is 0 Å². The molecule has 7 heterocycles. The maximum Gasteiger partial charge on any atom is 0.0528 e. The first-order valence-corrected chi connectivity index (χ1v) is 44.1. The van der Waals surface area contributed by atoms with Gasteiger partial charge in [-0.1, -0.05) is 218 Å². The zero-order valence-corrected chi connectivity index (χ0v) is 77.3. The Kier molecular flexibility index (Phi) is 34.7. The van der Waals surface area contributed by atoms with Crippen LogP contribution in [0.15, 0.2) is 214 Å². The van der Waals surface area contributed by atoms with Crippen molar-refractivity contribution in [3.05, 3.63) is 370 Å². The van der Waals surface area contributed by atoms with E-state index in [1.165, 1.54) is 228 Å². The van der Waals surface area contributed by atoms with Crippen LogP contribution in [0.4, 0.5) is 0 Å². The molecule has 0 amide bonds. The Morgan fingerprint density at radius 1 is 0.185 bits per heavy atom.